The number of rotatable bonds is 2. The topological polar surface area (TPSA) is 36.7 Å². The Morgan fingerprint density at radius 2 is 2.29 bits per heavy atom. The lowest BCUT2D eigenvalue weighted by Gasteiger charge is -2.05. The standard InChI is InChI=1S/C8H4ClF2IN2/c9-6-5(12)3-4(1-2-13)14-7(6)8(10)11/h3,8H,1H2. The second-order valence-electron chi connectivity index (χ2n) is 2.43. The molecule has 0 saturated heterocycles. The van der Waals surface area contributed by atoms with Crippen LogP contribution in [0.5, 0.6) is 0 Å². The fourth-order valence-electron chi connectivity index (χ4n) is 0.884. The van der Waals surface area contributed by atoms with Gasteiger partial charge in [-0.3, -0.25) is 0 Å². The molecule has 0 aliphatic carbocycles. The van der Waals surface area contributed by atoms with Crippen LogP contribution >= 0.6 is 34.2 Å². The molecule has 0 aliphatic rings. The zero-order chi connectivity index (χ0) is 10.7. The molecule has 0 spiro atoms. The van der Waals surface area contributed by atoms with Crippen molar-refractivity contribution >= 4 is 34.2 Å². The smallest absolute Gasteiger partial charge is 0.249 e. The first-order chi connectivity index (χ1) is 6.56. The summed E-state index contributed by atoms with van der Waals surface area (Å²) in [7, 11) is 0. The van der Waals surface area contributed by atoms with E-state index in [1.165, 1.54) is 6.07 Å². The average molecular weight is 328 g/mol. The van der Waals surface area contributed by atoms with E-state index in [1.54, 1.807) is 0 Å². The minimum Gasteiger partial charge on any atom is -0.249 e. The quantitative estimate of drug-likeness (QED) is 0.781. The van der Waals surface area contributed by atoms with Gasteiger partial charge in [0.15, 0.2) is 0 Å². The van der Waals surface area contributed by atoms with Gasteiger partial charge in [-0.1, -0.05) is 11.6 Å². The van der Waals surface area contributed by atoms with Crippen LogP contribution in [0.2, 0.25) is 5.02 Å². The van der Waals surface area contributed by atoms with Crippen molar-refractivity contribution in [3.8, 4) is 6.07 Å². The van der Waals surface area contributed by atoms with Gasteiger partial charge in [0.05, 0.1) is 23.2 Å². The lowest BCUT2D eigenvalue weighted by atomic mass is 10.2. The molecule has 0 radical (unpaired) electrons. The van der Waals surface area contributed by atoms with Gasteiger partial charge in [-0.2, -0.15) is 5.26 Å². The lowest BCUT2D eigenvalue weighted by Crippen LogP contribution is -1.99. The van der Waals surface area contributed by atoms with Crippen LogP contribution in [0.15, 0.2) is 6.07 Å². The monoisotopic (exact) mass is 328 g/mol. The number of pyridine rings is 1. The zero-order valence-corrected chi connectivity index (χ0v) is 9.68. The molecule has 1 heterocycles. The molecule has 0 bridgehead atoms. The predicted molar refractivity (Wildman–Crippen MR) is 56.2 cm³/mol. The average Bonchev–Trinajstić information content (AvgIpc) is 2.11. The maximum absolute atomic E-state index is 12.4. The van der Waals surface area contributed by atoms with Gasteiger partial charge in [0.2, 0.25) is 0 Å². The Bertz CT molecular complexity index is 390. The number of alkyl halides is 2. The van der Waals surface area contributed by atoms with Gasteiger partial charge in [-0.05, 0) is 28.7 Å². The normalized spacial score (nSPS) is 10.3. The van der Waals surface area contributed by atoms with E-state index in [1.807, 2.05) is 28.7 Å². The van der Waals surface area contributed by atoms with Gasteiger partial charge in [0.25, 0.3) is 6.43 Å². The molecule has 0 aromatic carbocycles. The predicted octanol–water partition coefficient (Wildman–Crippen LogP) is 3.34. The second kappa shape index (κ2) is 4.84. The van der Waals surface area contributed by atoms with E-state index < -0.39 is 12.1 Å². The van der Waals surface area contributed by atoms with Crippen LogP contribution in [0.3, 0.4) is 0 Å². The summed E-state index contributed by atoms with van der Waals surface area (Å²) >= 11 is 7.46. The number of aromatic nitrogens is 1. The van der Waals surface area contributed by atoms with Crippen molar-refractivity contribution in [1.82, 2.24) is 4.98 Å². The molecule has 6 heteroatoms. The third-order valence-electron chi connectivity index (χ3n) is 1.46. The Morgan fingerprint density at radius 1 is 1.64 bits per heavy atom. The molecular weight excluding hydrogens is 324 g/mol. The maximum atomic E-state index is 12.4. The molecule has 0 aliphatic heterocycles. The highest BCUT2D eigenvalue weighted by atomic mass is 127. The number of halogens is 4. The van der Waals surface area contributed by atoms with E-state index in [-0.39, 0.29) is 11.4 Å². The summed E-state index contributed by atoms with van der Waals surface area (Å²) in [5.74, 6) is 0. The van der Waals surface area contributed by atoms with Crippen LogP contribution in [-0.2, 0) is 6.42 Å². The number of nitriles is 1. The molecule has 0 unspecified atom stereocenters. The fraction of sp³-hybridized carbons (Fsp3) is 0.250. The summed E-state index contributed by atoms with van der Waals surface area (Å²) in [6.07, 6.45) is -2.71. The number of hydrogen-bond acceptors (Lipinski definition) is 2. The highest BCUT2D eigenvalue weighted by Crippen LogP contribution is 2.29. The summed E-state index contributed by atoms with van der Waals surface area (Å²) in [5, 5.41) is 8.36. The largest absolute Gasteiger partial charge is 0.281 e. The highest BCUT2D eigenvalue weighted by Gasteiger charge is 2.17. The molecule has 1 aromatic heterocycles. The van der Waals surface area contributed by atoms with Gasteiger partial charge in [-0.25, -0.2) is 13.8 Å². The maximum Gasteiger partial charge on any atom is 0.281 e. The Balaban J connectivity index is 3.22. The first-order valence-corrected chi connectivity index (χ1v) is 5.02. The SMILES string of the molecule is N#CCc1cc(I)c(Cl)c(C(F)F)n1. The Labute approximate surface area is 98.0 Å². The highest BCUT2D eigenvalue weighted by molar-refractivity contribution is 14.1. The van der Waals surface area contributed by atoms with Crippen LogP contribution in [-0.4, -0.2) is 4.98 Å². The molecule has 0 saturated carbocycles. The lowest BCUT2D eigenvalue weighted by molar-refractivity contribution is 0.146. The molecule has 0 amide bonds. The molecule has 0 N–H and O–H groups in total. The van der Waals surface area contributed by atoms with Crippen molar-refractivity contribution < 1.29 is 8.78 Å². The van der Waals surface area contributed by atoms with Crippen molar-refractivity contribution in [3.63, 3.8) is 0 Å². The van der Waals surface area contributed by atoms with Gasteiger partial charge in [-0.15, -0.1) is 0 Å². The van der Waals surface area contributed by atoms with Gasteiger partial charge < -0.3 is 0 Å². The summed E-state index contributed by atoms with van der Waals surface area (Å²) < 4.78 is 25.3. The van der Waals surface area contributed by atoms with E-state index in [2.05, 4.69) is 4.98 Å². The van der Waals surface area contributed by atoms with Crippen LogP contribution in [0.1, 0.15) is 17.8 Å². The van der Waals surface area contributed by atoms with Crippen LogP contribution in [0.4, 0.5) is 8.78 Å². The molecular formula is C8H4ClF2IN2. The Hall–Kier alpha value is -0.480. The van der Waals surface area contributed by atoms with E-state index >= 15 is 0 Å². The van der Waals surface area contributed by atoms with Crippen LogP contribution in [0.25, 0.3) is 0 Å². The summed E-state index contributed by atoms with van der Waals surface area (Å²) in [6.45, 7) is 0. The van der Waals surface area contributed by atoms with Gasteiger partial charge in [0.1, 0.15) is 5.69 Å². The third-order valence-corrected chi connectivity index (χ3v) is 3.03. The fourth-order valence-corrected chi connectivity index (χ4v) is 1.70. The third kappa shape index (κ3) is 2.51. The molecule has 1 rings (SSSR count). The van der Waals surface area contributed by atoms with E-state index in [4.69, 9.17) is 16.9 Å². The summed E-state index contributed by atoms with van der Waals surface area (Å²) in [6, 6.07) is 3.37. The van der Waals surface area contributed by atoms with E-state index in [9.17, 15) is 8.78 Å². The van der Waals surface area contributed by atoms with Crippen molar-refractivity contribution in [2.45, 2.75) is 12.8 Å². The van der Waals surface area contributed by atoms with Gasteiger partial charge in [0, 0.05) is 3.57 Å². The Kier molecular flexibility index (Phi) is 4.01. The number of hydrogen-bond donors (Lipinski definition) is 0. The zero-order valence-electron chi connectivity index (χ0n) is 6.77. The van der Waals surface area contributed by atoms with Crippen molar-refractivity contribution in [2.24, 2.45) is 0 Å². The van der Waals surface area contributed by atoms with Crippen molar-refractivity contribution in [2.75, 3.05) is 0 Å². The molecule has 0 fully saturated rings. The van der Waals surface area contributed by atoms with Crippen molar-refractivity contribution in [3.05, 3.63) is 26.0 Å². The first-order valence-electron chi connectivity index (χ1n) is 3.56. The second-order valence-corrected chi connectivity index (χ2v) is 3.97. The van der Waals surface area contributed by atoms with E-state index in [0.29, 0.717) is 9.26 Å². The summed E-state index contributed by atoms with van der Waals surface area (Å²) in [5.41, 5.74) is -0.139. The molecule has 0 atom stereocenters. The minimum absolute atomic E-state index is 0.00684. The van der Waals surface area contributed by atoms with Crippen LogP contribution < -0.4 is 0 Å². The number of nitrogens with zero attached hydrogens (tertiary/aromatic N) is 2. The van der Waals surface area contributed by atoms with E-state index in [0.717, 1.165) is 0 Å². The summed E-state index contributed by atoms with van der Waals surface area (Å²) in [4.78, 5) is 3.61. The molecule has 1 aromatic rings. The van der Waals surface area contributed by atoms with Gasteiger partial charge >= 0.3 is 0 Å². The first kappa shape index (κ1) is 11.6. The molecule has 2 nitrogen and oxygen atoms in total. The molecule has 14 heavy (non-hydrogen) atoms. The minimum atomic E-state index is -2.71. The van der Waals surface area contributed by atoms with Crippen molar-refractivity contribution in [1.29, 1.82) is 5.26 Å². The molecule has 74 valence electrons. The Morgan fingerprint density at radius 3 is 2.79 bits per heavy atom. The van der Waals surface area contributed by atoms with Crippen LogP contribution in [0, 0.1) is 14.9 Å².